The number of nitrogens with one attached hydrogen (secondary N) is 2. The highest BCUT2D eigenvalue weighted by molar-refractivity contribution is 9.10. The summed E-state index contributed by atoms with van der Waals surface area (Å²) in [6, 6.07) is 14.5. The van der Waals surface area contributed by atoms with Crippen molar-refractivity contribution in [3.63, 3.8) is 0 Å². The van der Waals surface area contributed by atoms with Gasteiger partial charge in [-0.1, -0.05) is 28.1 Å². The molecule has 2 N–H and O–H groups in total. The number of hydrogen-bond acceptors (Lipinski definition) is 4. The van der Waals surface area contributed by atoms with Crippen molar-refractivity contribution in [3.05, 3.63) is 58.6 Å². The summed E-state index contributed by atoms with van der Waals surface area (Å²) >= 11 is 3.22. The van der Waals surface area contributed by atoms with Crippen molar-refractivity contribution in [3.8, 4) is 6.07 Å². The minimum atomic E-state index is -3.78. The maximum Gasteiger partial charge on any atom is 0.241 e. The van der Waals surface area contributed by atoms with Gasteiger partial charge in [0.1, 0.15) is 6.07 Å². The Labute approximate surface area is 142 Å². The van der Waals surface area contributed by atoms with Crippen LogP contribution in [0.2, 0.25) is 0 Å². The van der Waals surface area contributed by atoms with Crippen LogP contribution in [-0.2, 0) is 14.8 Å². The van der Waals surface area contributed by atoms with Crippen LogP contribution >= 0.6 is 15.9 Å². The third-order valence-corrected chi connectivity index (χ3v) is 4.81. The first kappa shape index (κ1) is 17.1. The number of sulfonamides is 1. The largest absolute Gasteiger partial charge is 0.324 e. The molecule has 0 aromatic heterocycles. The molecule has 0 aliphatic carbocycles. The van der Waals surface area contributed by atoms with E-state index in [1.165, 1.54) is 12.1 Å². The van der Waals surface area contributed by atoms with E-state index >= 15 is 0 Å². The van der Waals surface area contributed by atoms with Gasteiger partial charge in [0.2, 0.25) is 15.9 Å². The molecule has 2 aromatic carbocycles. The van der Waals surface area contributed by atoms with Gasteiger partial charge in [0.05, 0.1) is 22.7 Å². The SMILES string of the molecule is N#Cc1ccccc1NC(=O)CNS(=O)(=O)c1ccc(Br)cc1. The first-order valence-corrected chi connectivity index (χ1v) is 8.74. The number of nitrogens with zero attached hydrogens (tertiary/aromatic N) is 1. The molecule has 0 atom stereocenters. The lowest BCUT2D eigenvalue weighted by atomic mass is 10.2. The van der Waals surface area contributed by atoms with E-state index in [9.17, 15) is 13.2 Å². The van der Waals surface area contributed by atoms with Crippen LogP contribution < -0.4 is 10.0 Å². The van der Waals surface area contributed by atoms with Crippen LogP contribution in [-0.4, -0.2) is 20.9 Å². The molecule has 0 unspecified atom stereocenters. The van der Waals surface area contributed by atoms with E-state index in [0.29, 0.717) is 11.3 Å². The monoisotopic (exact) mass is 393 g/mol. The van der Waals surface area contributed by atoms with Gasteiger partial charge >= 0.3 is 0 Å². The highest BCUT2D eigenvalue weighted by Crippen LogP contribution is 2.15. The number of rotatable bonds is 5. The van der Waals surface area contributed by atoms with Crippen molar-refractivity contribution in [1.29, 1.82) is 5.26 Å². The van der Waals surface area contributed by atoms with E-state index < -0.39 is 22.5 Å². The molecule has 0 radical (unpaired) electrons. The predicted molar refractivity (Wildman–Crippen MR) is 89.1 cm³/mol. The Balaban J connectivity index is 2.01. The number of hydrogen-bond donors (Lipinski definition) is 2. The fourth-order valence-electron chi connectivity index (χ4n) is 1.74. The van der Waals surface area contributed by atoms with E-state index in [1.807, 2.05) is 6.07 Å². The van der Waals surface area contributed by atoms with Gasteiger partial charge in [0, 0.05) is 4.47 Å². The maximum atomic E-state index is 12.1. The zero-order chi connectivity index (χ0) is 16.9. The number of anilines is 1. The lowest BCUT2D eigenvalue weighted by Gasteiger charge is -2.09. The van der Waals surface area contributed by atoms with Crippen LogP contribution in [0, 0.1) is 11.3 Å². The molecule has 0 bridgehead atoms. The van der Waals surface area contributed by atoms with Gasteiger partial charge in [0.15, 0.2) is 0 Å². The molecule has 0 aliphatic rings. The molecular formula is C15H12BrN3O3S. The van der Waals surface area contributed by atoms with Crippen LogP contribution in [0.1, 0.15) is 5.56 Å². The Morgan fingerprint density at radius 3 is 2.43 bits per heavy atom. The number of amides is 1. The van der Waals surface area contributed by atoms with E-state index in [4.69, 9.17) is 5.26 Å². The van der Waals surface area contributed by atoms with Crippen LogP contribution in [0.4, 0.5) is 5.69 Å². The maximum absolute atomic E-state index is 12.1. The van der Waals surface area contributed by atoms with Crippen LogP contribution in [0.15, 0.2) is 57.9 Å². The summed E-state index contributed by atoms with van der Waals surface area (Å²) in [6.45, 7) is -0.432. The number of nitriles is 1. The number of carbonyl (C=O) groups is 1. The minimum absolute atomic E-state index is 0.0610. The fourth-order valence-corrected chi connectivity index (χ4v) is 2.99. The Kier molecular flexibility index (Phi) is 5.50. The Bertz CT molecular complexity index is 858. The second kappa shape index (κ2) is 7.37. The zero-order valence-corrected chi connectivity index (χ0v) is 14.2. The van der Waals surface area contributed by atoms with Gasteiger partial charge in [-0.05, 0) is 36.4 Å². The fraction of sp³-hybridized carbons (Fsp3) is 0.0667. The lowest BCUT2D eigenvalue weighted by molar-refractivity contribution is -0.115. The molecule has 6 nitrogen and oxygen atoms in total. The van der Waals surface area contributed by atoms with E-state index in [1.54, 1.807) is 36.4 Å². The molecule has 1 amide bonds. The van der Waals surface area contributed by atoms with Gasteiger partial charge in [0.25, 0.3) is 0 Å². The van der Waals surface area contributed by atoms with E-state index in [0.717, 1.165) is 4.47 Å². The first-order valence-electron chi connectivity index (χ1n) is 6.46. The summed E-state index contributed by atoms with van der Waals surface area (Å²) in [7, 11) is -3.78. The summed E-state index contributed by atoms with van der Waals surface area (Å²) < 4.78 is 27.1. The third kappa shape index (κ3) is 4.63. The Hall–Kier alpha value is -2.21. The van der Waals surface area contributed by atoms with Crippen LogP contribution in [0.25, 0.3) is 0 Å². The normalized spacial score (nSPS) is 10.8. The molecule has 0 fully saturated rings. The van der Waals surface area contributed by atoms with E-state index in [-0.39, 0.29) is 4.90 Å². The summed E-state index contributed by atoms with van der Waals surface area (Å²) in [5, 5.41) is 11.4. The molecule has 0 saturated heterocycles. The summed E-state index contributed by atoms with van der Waals surface area (Å²) in [5.74, 6) is -0.562. The Morgan fingerprint density at radius 2 is 1.78 bits per heavy atom. The quantitative estimate of drug-likeness (QED) is 0.813. The predicted octanol–water partition coefficient (Wildman–Crippen LogP) is 2.24. The van der Waals surface area contributed by atoms with Crippen molar-refractivity contribution in [2.75, 3.05) is 11.9 Å². The second-order valence-electron chi connectivity index (χ2n) is 4.48. The van der Waals surface area contributed by atoms with Gasteiger partial charge in [-0.2, -0.15) is 5.26 Å². The third-order valence-electron chi connectivity index (χ3n) is 2.87. The molecule has 0 heterocycles. The highest BCUT2D eigenvalue weighted by Gasteiger charge is 2.15. The molecule has 0 aliphatic heterocycles. The molecule has 8 heteroatoms. The summed E-state index contributed by atoms with van der Waals surface area (Å²) in [6.07, 6.45) is 0. The number of benzene rings is 2. The molecule has 0 spiro atoms. The summed E-state index contributed by atoms with van der Waals surface area (Å²) in [4.78, 5) is 11.9. The first-order chi connectivity index (χ1) is 10.9. The second-order valence-corrected chi connectivity index (χ2v) is 7.17. The van der Waals surface area contributed by atoms with E-state index in [2.05, 4.69) is 26.0 Å². The van der Waals surface area contributed by atoms with Gasteiger partial charge in [-0.15, -0.1) is 0 Å². The average molecular weight is 394 g/mol. The molecule has 2 aromatic rings. The smallest absolute Gasteiger partial charge is 0.241 e. The van der Waals surface area contributed by atoms with Crippen LogP contribution in [0.5, 0.6) is 0 Å². The Morgan fingerprint density at radius 1 is 1.13 bits per heavy atom. The van der Waals surface area contributed by atoms with Gasteiger partial charge in [-0.3, -0.25) is 4.79 Å². The molecular weight excluding hydrogens is 382 g/mol. The van der Waals surface area contributed by atoms with Crippen molar-refractivity contribution in [2.24, 2.45) is 0 Å². The zero-order valence-electron chi connectivity index (χ0n) is 11.8. The van der Waals surface area contributed by atoms with Crippen molar-refractivity contribution in [1.82, 2.24) is 4.72 Å². The van der Waals surface area contributed by atoms with Crippen molar-refractivity contribution < 1.29 is 13.2 Å². The number of carbonyl (C=O) groups excluding carboxylic acids is 1. The minimum Gasteiger partial charge on any atom is -0.324 e. The molecule has 118 valence electrons. The number of para-hydroxylation sites is 1. The highest BCUT2D eigenvalue weighted by atomic mass is 79.9. The van der Waals surface area contributed by atoms with Crippen LogP contribution in [0.3, 0.4) is 0 Å². The van der Waals surface area contributed by atoms with Gasteiger partial charge in [-0.25, -0.2) is 13.1 Å². The molecule has 2 rings (SSSR count). The molecule has 0 saturated carbocycles. The van der Waals surface area contributed by atoms with Gasteiger partial charge < -0.3 is 5.32 Å². The lowest BCUT2D eigenvalue weighted by Crippen LogP contribution is -2.33. The molecule has 23 heavy (non-hydrogen) atoms. The standard InChI is InChI=1S/C15H12BrN3O3S/c16-12-5-7-13(8-6-12)23(21,22)18-10-15(20)19-14-4-2-1-3-11(14)9-17/h1-8,18H,10H2,(H,19,20). The summed E-state index contributed by atoms with van der Waals surface area (Å²) in [5.41, 5.74) is 0.638. The van der Waals surface area contributed by atoms with Crippen molar-refractivity contribution in [2.45, 2.75) is 4.90 Å². The average Bonchev–Trinajstić information content (AvgIpc) is 2.54. The van der Waals surface area contributed by atoms with Crippen molar-refractivity contribution >= 4 is 37.5 Å². The topological polar surface area (TPSA) is 99.1 Å². The number of halogens is 1.